The molecule has 0 saturated carbocycles. The summed E-state index contributed by atoms with van der Waals surface area (Å²) >= 11 is 0. The SMILES string of the molecule is CC1CCN(Cc2ccccc2CNC(=O)c2ccc(COc3ccccc3C#N)o2)CC1. The van der Waals surface area contributed by atoms with E-state index in [9.17, 15) is 4.79 Å². The molecule has 2 heterocycles. The highest BCUT2D eigenvalue weighted by molar-refractivity contribution is 5.91. The van der Waals surface area contributed by atoms with Gasteiger partial charge in [0.15, 0.2) is 5.76 Å². The lowest BCUT2D eigenvalue weighted by molar-refractivity contribution is 0.0918. The summed E-state index contributed by atoms with van der Waals surface area (Å²) in [7, 11) is 0. The van der Waals surface area contributed by atoms with Crippen LogP contribution in [0.15, 0.2) is 65.1 Å². The van der Waals surface area contributed by atoms with Gasteiger partial charge in [0.05, 0.1) is 5.56 Å². The molecule has 0 bridgehead atoms. The number of hydrogen-bond acceptors (Lipinski definition) is 5. The highest BCUT2D eigenvalue weighted by Gasteiger charge is 2.17. The third kappa shape index (κ3) is 6.03. The first-order chi connectivity index (χ1) is 16.1. The normalized spacial score (nSPS) is 14.5. The van der Waals surface area contributed by atoms with E-state index in [0.717, 1.165) is 31.1 Å². The molecule has 1 aromatic heterocycles. The van der Waals surface area contributed by atoms with Crippen LogP contribution in [-0.2, 0) is 19.7 Å². The van der Waals surface area contributed by atoms with E-state index >= 15 is 0 Å². The number of likely N-dealkylation sites (tertiary alicyclic amines) is 1. The maximum atomic E-state index is 12.6. The number of para-hydroxylation sites is 1. The number of carbonyl (C=O) groups excluding carboxylic acids is 1. The number of carbonyl (C=O) groups is 1. The van der Waals surface area contributed by atoms with E-state index in [1.165, 1.54) is 18.4 Å². The van der Waals surface area contributed by atoms with Crippen molar-refractivity contribution in [2.75, 3.05) is 13.1 Å². The fraction of sp³-hybridized carbons (Fsp3) is 0.333. The summed E-state index contributed by atoms with van der Waals surface area (Å²) in [6.07, 6.45) is 2.48. The highest BCUT2D eigenvalue weighted by atomic mass is 16.5. The highest BCUT2D eigenvalue weighted by Crippen LogP contribution is 2.21. The van der Waals surface area contributed by atoms with Gasteiger partial charge in [-0.1, -0.05) is 43.3 Å². The fourth-order valence-corrected chi connectivity index (χ4v) is 4.02. The van der Waals surface area contributed by atoms with Crippen molar-refractivity contribution < 1.29 is 13.9 Å². The molecular weight excluding hydrogens is 414 g/mol. The zero-order valence-corrected chi connectivity index (χ0v) is 18.9. The standard InChI is InChI=1S/C27H29N3O3/c1-20-12-14-30(15-13-20)18-23-8-3-2-7-22(23)17-29-27(31)26-11-10-24(33-26)19-32-25-9-5-4-6-21(25)16-28/h2-11,20H,12-15,17-19H2,1H3,(H,29,31). The van der Waals surface area contributed by atoms with Gasteiger partial charge in [-0.25, -0.2) is 0 Å². The van der Waals surface area contributed by atoms with E-state index in [1.807, 2.05) is 6.07 Å². The van der Waals surface area contributed by atoms with E-state index in [0.29, 0.717) is 23.6 Å². The second kappa shape index (κ2) is 10.8. The maximum absolute atomic E-state index is 12.6. The van der Waals surface area contributed by atoms with Gasteiger partial charge in [-0.2, -0.15) is 5.26 Å². The Labute approximate surface area is 194 Å². The van der Waals surface area contributed by atoms with Gasteiger partial charge in [-0.3, -0.25) is 9.69 Å². The van der Waals surface area contributed by atoms with Crippen molar-refractivity contribution in [3.63, 3.8) is 0 Å². The van der Waals surface area contributed by atoms with Crippen LogP contribution < -0.4 is 10.1 Å². The molecule has 1 N–H and O–H groups in total. The molecule has 170 valence electrons. The number of furan rings is 1. The van der Waals surface area contributed by atoms with Crippen molar-refractivity contribution in [2.45, 2.75) is 39.5 Å². The van der Waals surface area contributed by atoms with E-state index in [1.54, 1.807) is 36.4 Å². The summed E-state index contributed by atoms with van der Waals surface area (Å²) in [6.45, 7) is 6.06. The van der Waals surface area contributed by atoms with E-state index in [2.05, 4.69) is 41.4 Å². The lowest BCUT2D eigenvalue weighted by Gasteiger charge is -2.30. The first kappa shape index (κ1) is 22.6. The second-order valence-corrected chi connectivity index (χ2v) is 8.57. The van der Waals surface area contributed by atoms with Crippen LogP contribution in [0.25, 0.3) is 0 Å². The van der Waals surface area contributed by atoms with Crippen LogP contribution in [0.5, 0.6) is 5.75 Å². The maximum Gasteiger partial charge on any atom is 0.287 e. The average molecular weight is 444 g/mol. The largest absolute Gasteiger partial charge is 0.484 e. The molecule has 4 rings (SSSR count). The third-order valence-electron chi connectivity index (χ3n) is 6.09. The zero-order valence-electron chi connectivity index (χ0n) is 18.9. The topological polar surface area (TPSA) is 78.5 Å². The molecule has 1 saturated heterocycles. The average Bonchev–Trinajstić information content (AvgIpc) is 3.33. The Hall–Kier alpha value is -3.56. The molecule has 0 aliphatic carbocycles. The molecule has 3 aromatic rings. The summed E-state index contributed by atoms with van der Waals surface area (Å²) in [5.74, 6) is 1.79. The van der Waals surface area contributed by atoms with Gasteiger partial charge in [-0.05, 0) is 67.2 Å². The molecule has 33 heavy (non-hydrogen) atoms. The van der Waals surface area contributed by atoms with Crippen LogP contribution in [-0.4, -0.2) is 23.9 Å². The van der Waals surface area contributed by atoms with Gasteiger partial charge < -0.3 is 14.5 Å². The van der Waals surface area contributed by atoms with Crippen LogP contribution in [0.2, 0.25) is 0 Å². The number of ether oxygens (including phenoxy) is 1. The minimum atomic E-state index is -0.264. The van der Waals surface area contributed by atoms with Gasteiger partial charge in [0, 0.05) is 13.1 Å². The number of nitrogens with zero attached hydrogens (tertiary/aromatic N) is 2. The van der Waals surface area contributed by atoms with Crippen molar-refractivity contribution in [3.05, 3.63) is 88.9 Å². The van der Waals surface area contributed by atoms with Crippen molar-refractivity contribution in [1.29, 1.82) is 5.26 Å². The summed E-state index contributed by atoms with van der Waals surface area (Å²) in [5, 5.41) is 12.1. The summed E-state index contributed by atoms with van der Waals surface area (Å²) in [4.78, 5) is 15.1. The molecule has 0 spiro atoms. The third-order valence-corrected chi connectivity index (χ3v) is 6.09. The minimum Gasteiger partial charge on any atom is -0.484 e. The smallest absolute Gasteiger partial charge is 0.287 e. The van der Waals surface area contributed by atoms with Crippen LogP contribution in [0, 0.1) is 17.2 Å². The van der Waals surface area contributed by atoms with Crippen LogP contribution in [0.4, 0.5) is 0 Å². The van der Waals surface area contributed by atoms with Gasteiger partial charge in [-0.15, -0.1) is 0 Å². The predicted octanol–water partition coefficient (Wildman–Crippen LogP) is 4.89. The van der Waals surface area contributed by atoms with Gasteiger partial charge in [0.1, 0.15) is 24.2 Å². The first-order valence-corrected chi connectivity index (χ1v) is 11.4. The molecule has 1 fully saturated rings. The van der Waals surface area contributed by atoms with Crippen LogP contribution >= 0.6 is 0 Å². The van der Waals surface area contributed by atoms with E-state index in [4.69, 9.17) is 14.4 Å². The number of rotatable bonds is 8. The summed E-state index contributed by atoms with van der Waals surface area (Å²) in [5.41, 5.74) is 2.82. The molecule has 1 aliphatic rings. The number of piperidine rings is 1. The number of nitriles is 1. The molecule has 0 atom stereocenters. The molecule has 2 aromatic carbocycles. The van der Waals surface area contributed by atoms with Gasteiger partial charge in [0.25, 0.3) is 5.91 Å². The monoisotopic (exact) mass is 443 g/mol. The summed E-state index contributed by atoms with van der Waals surface area (Å²) < 4.78 is 11.3. The number of hydrogen-bond donors (Lipinski definition) is 1. The molecule has 0 radical (unpaired) electrons. The molecule has 6 nitrogen and oxygen atoms in total. The van der Waals surface area contributed by atoms with Crippen molar-refractivity contribution in [3.8, 4) is 11.8 Å². The van der Waals surface area contributed by atoms with Crippen molar-refractivity contribution in [2.24, 2.45) is 5.92 Å². The first-order valence-electron chi connectivity index (χ1n) is 11.4. The number of benzene rings is 2. The van der Waals surface area contributed by atoms with E-state index in [-0.39, 0.29) is 18.3 Å². The summed E-state index contributed by atoms with van der Waals surface area (Å²) in [6, 6.07) is 20.7. The predicted molar refractivity (Wildman–Crippen MR) is 125 cm³/mol. The molecule has 1 amide bonds. The van der Waals surface area contributed by atoms with E-state index < -0.39 is 0 Å². The molecule has 0 unspecified atom stereocenters. The Kier molecular flexibility index (Phi) is 7.43. The van der Waals surface area contributed by atoms with Gasteiger partial charge >= 0.3 is 0 Å². The number of amides is 1. The van der Waals surface area contributed by atoms with Gasteiger partial charge in [0.2, 0.25) is 0 Å². The Morgan fingerprint density at radius 3 is 2.61 bits per heavy atom. The van der Waals surface area contributed by atoms with Crippen LogP contribution in [0.3, 0.4) is 0 Å². The Balaban J connectivity index is 1.32. The zero-order chi connectivity index (χ0) is 23.0. The van der Waals surface area contributed by atoms with Crippen molar-refractivity contribution >= 4 is 5.91 Å². The molecular formula is C27H29N3O3. The quantitative estimate of drug-likeness (QED) is 0.536. The fourth-order valence-electron chi connectivity index (χ4n) is 4.02. The second-order valence-electron chi connectivity index (χ2n) is 8.57. The number of nitrogens with one attached hydrogen (secondary N) is 1. The Morgan fingerprint density at radius 1 is 1.09 bits per heavy atom. The lowest BCUT2D eigenvalue weighted by Crippen LogP contribution is -2.33. The van der Waals surface area contributed by atoms with Crippen molar-refractivity contribution in [1.82, 2.24) is 10.2 Å². The molecule has 1 aliphatic heterocycles. The van der Waals surface area contributed by atoms with Crippen LogP contribution in [0.1, 0.15) is 52.8 Å². The lowest BCUT2D eigenvalue weighted by atomic mass is 9.98. The Bertz CT molecular complexity index is 1120. The minimum absolute atomic E-state index is 0.142. The Morgan fingerprint density at radius 2 is 1.82 bits per heavy atom. The molecule has 6 heteroatoms.